The molecule has 1 heterocycles. The number of rotatable bonds is 1. The van der Waals surface area contributed by atoms with Gasteiger partial charge in [-0.1, -0.05) is 54.1 Å². The summed E-state index contributed by atoms with van der Waals surface area (Å²) in [6.07, 6.45) is 1.08. The van der Waals surface area contributed by atoms with E-state index in [1.54, 1.807) is 0 Å². The van der Waals surface area contributed by atoms with Gasteiger partial charge in [0.1, 0.15) is 0 Å². The molecule has 18 heavy (non-hydrogen) atoms. The van der Waals surface area contributed by atoms with E-state index in [1.807, 2.05) is 18.2 Å². The molecule has 2 aromatic carbocycles. The minimum absolute atomic E-state index is 0.187. The van der Waals surface area contributed by atoms with Gasteiger partial charge in [-0.25, -0.2) is 0 Å². The van der Waals surface area contributed by atoms with Crippen LogP contribution in [0.3, 0.4) is 0 Å². The Balaban J connectivity index is 2.20. The van der Waals surface area contributed by atoms with E-state index >= 15 is 0 Å². The number of fused-ring (bicyclic) bond motifs is 1. The Morgan fingerprint density at radius 2 is 1.67 bits per heavy atom. The molecule has 3 rings (SSSR count). The number of nitrogens with one attached hydrogen (secondary N) is 1. The molecule has 0 spiro atoms. The summed E-state index contributed by atoms with van der Waals surface area (Å²) in [6.45, 7) is 3.20. The molecule has 0 radical (unpaired) electrons. The zero-order valence-corrected chi connectivity index (χ0v) is 11.2. The van der Waals surface area contributed by atoms with Gasteiger partial charge >= 0.3 is 0 Å². The van der Waals surface area contributed by atoms with Gasteiger partial charge in [0.15, 0.2) is 0 Å². The summed E-state index contributed by atoms with van der Waals surface area (Å²) in [7, 11) is 0. The van der Waals surface area contributed by atoms with Gasteiger partial charge < -0.3 is 5.32 Å². The molecule has 92 valence electrons. The first-order chi connectivity index (χ1) is 8.72. The second-order valence-corrected chi connectivity index (χ2v) is 5.35. The normalized spacial score (nSPS) is 22.6. The fraction of sp³-hybridized carbons (Fsp3) is 0.250. The lowest BCUT2D eigenvalue weighted by Crippen LogP contribution is -2.46. The van der Waals surface area contributed by atoms with Crippen molar-refractivity contribution in [2.24, 2.45) is 0 Å². The molecule has 0 aliphatic carbocycles. The molecule has 1 unspecified atom stereocenters. The van der Waals surface area contributed by atoms with Gasteiger partial charge in [-0.05, 0) is 36.1 Å². The summed E-state index contributed by atoms with van der Waals surface area (Å²) in [5.41, 5.74) is 3.72. The number of benzene rings is 2. The Morgan fingerprint density at radius 3 is 2.44 bits per heavy atom. The second-order valence-electron chi connectivity index (χ2n) is 4.94. The van der Waals surface area contributed by atoms with Gasteiger partial charge in [-0.15, -0.1) is 0 Å². The highest BCUT2D eigenvalue weighted by atomic mass is 35.5. The van der Waals surface area contributed by atoms with Crippen molar-refractivity contribution in [1.82, 2.24) is 5.32 Å². The van der Waals surface area contributed by atoms with Gasteiger partial charge in [-0.3, -0.25) is 0 Å². The average Bonchev–Trinajstić information content (AvgIpc) is 2.40. The summed E-state index contributed by atoms with van der Waals surface area (Å²) in [4.78, 5) is 0. The van der Waals surface area contributed by atoms with Gasteiger partial charge in [0, 0.05) is 11.6 Å². The van der Waals surface area contributed by atoms with Crippen LogP contribution in [0.4, 0.5) is 0 Å². The molecule has 0 amide bonds. The van der Waals surface area contributed by atoms with Crippen LogP contribution >= 0.6 is 11.6 Å². The van der Waals surface area contributed by atoms with Crippen LogP contribution in [0.2, 0.25) is 5.02 Å². The molecule has 1 atom stereocenters. The van der Waals surface area contributed by atoms with Crippen molar-refractivity contribution < 1.29 is 0 Å². The highest BCUT2D eigenvalue weighted by Crippen LogP contribution is 2.37. The highest BCUT2D eigenvalue weighted by molar-refractivity contribution is 6.31. The van der Waals surface area contributed by atoms with Crippen molar-refractivity contribution in [3.63, 3.8) is 0 Å². The molecule has 0 aromatic heterocycles. The maximum atomic E-state index is 6.37. The zero-order valence-electron chi connectivity index (χ0n) is 10.4. The molecule has 0 saturated heterocycles. The summed E-state index contributed by atoms with van der Waals surface area (Å²) < 4.78 is 0. The smallest absolute Gasteiger partial charge is 0.0679 e. The van der Waals surface area contributed by atoms with Crippen LogP contribution in [-0.2, 0) is 12.0 Å². The third kappa shape index (κ3) is 1.75. The Labute approximate surface area is 113 Å². The van der Waals surface area contributed by atoms with E-state index in [0.29, 0.717) is 0 Å². The summed E-state index contributed by atoms with van der Waals surface area (Å²) in [5, 5.41) is 4.45. The van der Waals surface area contributed by atoms with Crippen LogP contribution < -0.4 is 5.32 Å². The van der Waals surface area contributed by atoms with E-state index in [-0.39, 0.29) is 5.54 Å². The molecule has 0 saturated carbocycles. The van der Waals surface area contributed by atoms with Gasteiger partial charge in [0.25, 0.3) is 0 Å². The van der Waals surface area contributed by atoms with E-state index in [4.69, 9.17) is 11.6 Å². The Bertz CT molecular complexity index is 579. The molecule has 2 heteroatoms. The highest BCUT2D eigenvalue weighted by Gasteiger charge is 2.34. The molecule has 1 aliphatic heterocycles. The molecule has 1 aliphatic rings. The molecule has 2 aromatic rings. The largest absolute Gasteiger partial charge is 0.304 e. The van der Waals surface area contributed by atoms with E-state index in [9.17, 15) is 0 Å². The topological polar surface area (TPSA) is 12.0 Å². The third-order valence-corrected chi connectivity index (χ3v) is 4.17. The molecule has 0 bridgehead atoms. The van der Waals surface area contributed by atoms with Crippen molar-refractivity contribution in [1.29, 1.82) is 0 Å². The second kappa shape index (κ2) is 4.42. The van der Waals surface area contributed by atoms with Crippen molar-refractivity contribution in [3.8, 4) is 0 Å². The van der Waals surface area contributed by atoms with Crippen LogP contribution in [0.15, 0.2) is 48.5 Å². The predicted octanol–water partition coefficient (Wildman–Crippen LogP) is 3.75. The molecule has 1 nitrogen and oxygen atoms in total. The number of halogens is 1. The Hall–Kier alpha value is -1.31. The van der Waals surface area contributed by atoms with Crippen LogP contribution in [0, 0.1) is 0 Å². The monoisotopic (exact) mass is 257 g/mol. The van der Waals surface area contributed by atoms with Crippen LogP contribution in [0.1, 0.15) is 23.6 Å². The van der Waals surface area contributed by atoms with Crippen molar-refractivity contribution >= 4 is 11.6 Å². The van der Waals surface area contributed by atoms with Crippen molar-refractivity contribution in [2.45, 2.75) is 18.9 Å². The molecule has 1 N–H and O–H groups in total. The minimum atomic E-state index is -0.187. The summed E-state index contributed by atoms with van der Waals surface area (Å²) >= 11 is 6.37. The Kier molecular flexibility index (Phi) is 2.89. The van der Waals surface area contributed by atoms with Crippen LogP contribution in [-0.4, -0.2) is 6.54 Å². The number of hydrogen-bond donors (Lipinski definition) is 1. The molecular formula is C16H16ClN. The molecular weight excluding hydrogens is 242 g/mol. The lowest BCUT2D eigenvalue weighted by Gasteiger charge is -2.38. The first-order valence-corrected chi connectivity index (χ1v) is 6.68. The quantitative estimate of drug-likeness (QED) is 0.821. The van der Waals surface area contributed by atoms with Crippen molar-refractivity contribution in [2.75, 3.05) is 6.54 Å². The Morgan fingerprint density at radius 1 is 1.00 bits per heavy atom. The SMILES string of the molecule is CC1(c2ccccc2Cl)NCCc2ccccc21. The predicted molar refractivity (Wildman–Crippen MR) is 76.1 cm³/mol. The van der Waals surface area contributed by atoms with Gasteiger partial charge in [0.2, 0.25) is 0 Å². The first-order valence-electron chi connectivity index (χ1n) is 6.30. The third-order valence-electron chi connectivity index (χ3n) is 3.84. The maximum Gasteiger partial charge on any atom is 0.0679 e. The van der Waals surface area contributed by atoms with E-state index in [2.05, 4.69) is 42.6 Å². The fourth-order valence-electron chi connectivity index (χ4n) is 2.88. The number of hydrogen-bond acceptors (Lipinski definition) is 1. The van der Waals surface area contributed by atoms with E-state index in [1.165, 1.54) is 11.1 Å². The lowest BCUT2D eigenvalue weighted by molar-refractivity contribution is 0.415. The van der Waals surface area contributed by atoms with E-state index < -0.39 is 0 Å². The average molecular weight is 258 g/mol. The zero-order chi connectivity index (χ0) is 12.6. The van der Waals surface area contributed by atoms with Crippen LogP contribution in [0.25, 0.3) is 0 Å². The van der Waals surface area contributed by atoms with Gasteiger partial charge in [-0.2, -0.15) is 0 Å². The summed E-state index contributed by atoms with van der Waals surface area (Å²) in [6, 6.07) is 16.7. The minimum Gasteiger partial charge on any atom is -0.304 e. The standard InChI is InChI=1S/C16H16ClN/c1-16(14-8-4-5-9-15(14)17)13-7-3-2-6-12(13)10-11-18-16/h2-9,18H,10-11H2,1H3. The van der Waals surface area contributed by atoms with Crippen molar-refractivity contribution in [3.05, 3.63) is 70.2 Å². The molecule has 0 fully saturated rings. The summed E-state index contributed by atoms with van der Waals surface area (Å²) in [5.74, 6) is 0. The maximum absolute atomic E-state index is 6.37. The fourth-order valence-corrected chi connectivity index (χ4v) is 3.20. The van der Waals surface area contributed by atoms with E-state index in [0.717, 1.165) is 23.6 Å². The van der Waals surface area contributed by atoms with Gasteiger partial charge in [0.05, 0.1) is 5.54 Å². The lowest BCUT2D eigenvalue weighted by atomic mass is 9.79. The van der Waals surface area contributed by atoms with Crippen LogP contribution in [0.5, 0.6) is 0 Å². The first kappa shape index (κ1) is 11.8.